The summed E-state index contributed by atoms with van der Waals surface area (Å²) < 4.78 is 40.4. The first-order valence-electron chi connectivity index (χ1n) is 7.40. The molecular formula is C15H14F3N3O3. The molecule has 3 N–H and O–H groups in total. The second-order valence-corrected chi connectivity index (χ2v) is 5.96. The molecule has 0 aromatic heterocycles. The standard InChI is InChI=1S/C15H14F3N3O3/c16-8-1-2-9(17)11(18)10(8)12(22)19-7-3-5-15(6-4-7)13(23)20-14(24)21-15/h1-2,7H,3-6H2,(H,19,22)(H2,20,21,23,24). The molecular weight excluding hydrogens is 327 g/mol. The van der Waals surface area contributed by atoms with E-state index in [1.54, 1.807) is 0 Å². The molecule has 2 aliphatic rings. The Kier molecular flexibility index (Phi) is 3.94. The summed E-state index contributed by atoms with van der Waals surface area (Å²) >= 11 is 0. The third-order valence-electron chi connectivity index (χ3n) is 4.46. The van der Waals surface area contributed by atoms with Crippen LogP contribution in [-0.4, -0.2) is 29.4 Å². The van der Waals surface area contributed by atoms with Crippen LogP contribution in [0, 0.1) is 17.5 Å². The van der Waals surface area contributed by atoms with Crippen LogP contribution in [0.1, 0.15) is 36.0 Å². The molecule has 1 aliphatic heterocycles. The quantitative estimate of drug-likeness (QED) is 0.561. The predicted octanol–water partition coefficient (Wildman–Crippen LogP) is 1.35. The third-order valence-corrected chi connectivity index (χ3v) is 4.46. The molecule has 1 aromatic rings. The summed E-state index contributed by atoms with van der Waals surface area (Å²) in [7, 11) is 0. The van der Waals surface area contributed by atoms with Gasteiger partial charge in [-0.15, -0.1) is 0 Å². The Bertz CT molecular complexity index is 730. The average molecular weight is 341 g/mol. The number of hydrogen-bond donors (Lipinski definition) is 3. The van der Waals surface area contributed by atoms with Gasteiger partial charge in [0.2, 0.25) is 0 Å². The Morgan fingerprint density at radius 2 is 1.75 bits per heavy atom. The topological polar surface area (TPSA) is 87.3 Å². The molecule has 1 saturated heterocycles. The van der Waals surface area contributed by atoms with Crippen LogP contribution >= 0.6 is 0 Å². The van der Waals surface area contributed by atoms with Crippen molar-refractivity contribution >= 4 is 17.8 Å². The van der Waals surface area contributed by atoms with Gasteiger partial charge in [0, 0.05) is 6.04 Å². The second kappa shape index (κ2) is 5.81. The Balaban J connectivity index is 1.67. The lowest BCUT2D eigenvalue weighted by atomic mass is 9.79. The normalized spacial score (nSPS) is 26.2. The molecule has 0 bridgehead atoms. The molecule has 128 valence electrons. The van der Waals surface area contributed by atoms with Gasteiger partial charge in [0.25, 0.3) is 11.8 Å². The highest BCUT2D eigenvalue weighted by Crippen LogP contribution is 2.31. The monoisotopic (exact) mass is 341 g/mol. The van der Waals surface area contributed by atoms with Crippen molar-refractivity contribution in [1.29, 1.82) is 0 Å². The number of hydrogen-bond acceptors (Lipinski definition) is 3. The van der Waals surface area contributed by atoms with E-state index in [1.807, 2.05) is 0 Å². The Morgan fingerprint density at radius 3 is 2.33 bits per heavy atom. The molecule has 24 heavy (non-hydrogen) atoms. The van der Waals surface area contributed by atoms with E-state index in [4.69, 9.17) is 0 Å². The van der Waals surface area contributed by atoms with Gasteiger partial charge >= 0.3 is 6.03 Å². The summed E-state index contributed by atoms with van der Waals surface area (Å²) in [6.45, 7) is 0. The molecule has 6 nitrogen and oxygen atoms in total. The highest BCUT2D eigenvalue weighted by molar-refractivity contribution is 6.07. The van der Waals surface area contributed by atoms with Crippen LogP contribution in [-0.2, 0) is 4.79 Å². The van der Waals surface area contributed by atoms with E-state index in [0.29, 0.717) is 25.0 Å². The molecule has 1 aliphatic carbocycles. The number of halogens is 3. The predicted molar refractivity (Wildman–Crippen MR) is 75.4 cm³/mol. The number of carbonyl (C=O) groups is 3. The van der Waals surface area contributed by atoms with Gasteiger partial charge in [-0.05, 0) is 37.8 Å². The summed E-state index contributed by atoms with van der Waals surface area (Å²) in [5.74, 6) is -5.47. The first-order chi connectivity index (χ1) is 11.3. The number of amides is 4. The third kappa shape index (κ3) is 2.70. The minimum atomic E-state index is -1.54. The van der Waals surface area contributed by atoms with Crippen LogP contribution in [0.4, 0.5) is 18.0 Å². The number of benzene rings is 1. The summed E-state index contributed by atoms with van der Waals surface area (Å²) in [5, 5.41) is 7.18. The number of rotatable bonds is 2. The van der Waals surface area contributed by atoms with Crippen molar-refractivity contribution in [3.63, 3.8) is 0 Å². The summed E-state index contributed by atoms with van der Waals surface area (Å²) in [6.07, 6.45) is 1.23. The largest absolute Gasteiger partial charge is 0.349 e. The van der Waals surface area contributed by atoms with E-state index in [-0.39, 0.29) is 12.8 Å². The van der Waals surface area contributed by atoms with E-state index >= 15 is 0 Å². The maximum atomic E-state index is 13.6. The first kappa shape index (κ1) is 16.3. The van der Waals surface area contributed by atoms with Crippen LogP contribution in [0.25, 0.3) is 0 Å². The fourth-order valence-electron chi connectivity index (χ4n) is 3.13. The fraction of sp³-hybridized carbons (Fsp3) is 0.400. The zero-order valence-corrected chi connectivity index (χ0v) is 12.4. The van der Waals surface area contributed by atoms with E-state index in [9.17, 15) is 27.6 Å². The maximum absolute atomic E-state index is 13.6. The van der Waals surface area contributed by atoms with Crippen molar-refractivity contribution in [3.8, 4) is 0 Å². The van der Waals surface area contributed by atoms with Crippen LogP contribution in [0.15, 0.2) is 12.1 Å². The number of imide groups is 1. The van der Waals surface area contributed by atoms with E-state index < -0.39 is 52.4 Å². The lowest BCUT2D eigenvalue weighted by Crippen LogP contribution is -2.52. The minimum absolute atomic E-state index is 0.281. The van der Waals surface area contributed by atoms with Crippen molar-refractivity contribution in [1.82, 2.24) is 16.0 Å². The molecule has 1 aromatic carbocycles. The van der Waals surface area contributed by atoms with E-state index in [1.165, 1.54) is 0 Å². The zero-order valence-electron chi connectivity index (χ0n) is 12.4. The van der Waals surface area contributed by atoms with Gasteiger partial charge in [-0.2, -0.15) is 0 Å². The second-order valence-electron chi connectivity index (χ2n) is 5.96. The van der Waals surface area contributed by atoms with Gasteiger partial charge in [-0.25, -0.2) is 18.0 Å². The Hall–Kier alpha value is -2.58. The van der Waals surface area contributed by atoms with Gasteiger partial charge in [-0.1, -0.05) is 0 Å². The van der Waals surface area contributed by atoms with Crippen molar-refractivity contribution in [2.75, 3.05) is 0 Å². The van der Waals surface area contributed by atoms with Crippen molar-refractivity contribution in [2.24, 2.45) is 0 Å². The van der Waals surface area contributed by atoms with Gasteiger partial charge < -0.3 is 10.6 Å². The molecule has 3 rings (SSSR count). The molecule has 9 heteroatoms. The van der Waals surface area contributed by atoms with E-state index in [0.717, 1.165) is 0 Å². The maximum Gasteiger partial charge on any atom is 0.322 e. The Labute approximate surface area is 134 Å². The van der Waals surface area contributed by atoms with Crippen LogP contribution in [0.5, 0.6) is 0 Å². The number of nitrogens with one attached hydrogen (secondary N) is 3. The molecule has 1 spiro atoms. The smallest absolute Gasteiger partial charge is 0.322 e. The zero-order chi connectivity index (χ0) is 17.5. The molecule has 1 heterocycles. The lowest BCUT2D eigenvalue weighted by molar-refractivity contribution is -0.125. The molecule has 2 fully saturated rings. The minimum Gasteiger partial charge on any atom is -0.349 e. The molecule has 1 saturated carbocycles. The molecule has 0 unspecified atom stereocenters. The van der Waals surface area contributed by atoms with Gasteiger partial charge in [0.15, 0.2) is 11.6 Å². The lowest BCUT2D eigenvalue weighted by Gasteiger charge is -2.34. The van der Waals surface area contributed by atoms with Crippen LogP contribution in [0.2, 0.25) is 0 Å². The number of urea groups is 1. The SMILES string of the molecule is O=C1NC(=O)C2(CCC(NC(=O)c3c(F)ccc(F)c3F)CC2)N1. The van der Waals surface area contributed by atoms with Gasteiger partial charge in [0.1, 0.15) is 16.9 Å². The van der Waals surface area contributed by atoms with E-state index in [2.05, 4.69) is 16.0 Å². The van der Waals surface area contributed by atoms with Gasteiger partial charge in [-0.3, -0.25) is 14.9 Å². The number of carbonyl (C=O) groups excluding carboxylic acids is 3. The highest BCUT2D eigenvalue weighted by Gasteiger charge is 2.48. The molecule has 4 amide bonds. The first-order valence-corrected chi connectivity index (χ1v) is 7.40. The summed E-state index contributed by atoms with van der Waals surface area (Å²) in [5.41, 5.74) is -1.96. The summed E-state index contributed by atoms with van der Waals surface area (Å²) in [4.78, 5) is 35.1. The van der Waals surface area contributed by atoms with Crippen molar-refractivity contribution in [3.05, 3.63) is 35.1 Å². The average Bonchev–Trinajstić information content (AvgIpc) is 2.80. The Morgan fingerprint density at radius 1 is 1.12 bits per heavy atom. The van der Waals surface area contributed by atoms with Crippen LogP contribution in [0.3, 0.4) is 0 Å². The van der Waals surface area contributed by atoms with Crippen molar-refractivity contribution < 1.29 is 27.6 Å². The van der Waals surface area contributed by atoms with Crippen LogP contribution < -0.4 is 16.0 Å². The van der Waals surface area contributed by atoms with Crippen molar-refractivity contribution in [2.45, 2.75) is 37.3 Å². The highest BCUT2D eigenvalue weighted by atomic mass is 19.2. The fourth-order valence-corrected chi connectivity index (χ4v) is 3.13. The van der Waals surface area contributed by atoms with Gasteiger partial charge in [0.05, 0.1) is 0 Å². The molecule has 0 radical (unpaired) electrons. The summed E-state index contributed by atoms with van der Waals surface area (Å²) in [6, 6.07) is 0.288. The molecule has 0 atom stereocenters.